The molecular weight excluding hydrogens is 218 g/mol. The van der Waals surface area contributed by atoms with Crippen LogP contribution in [0.25, 0.3) is 0 Å². The van der Waals surface area contributed by atoms with Crippen molar-refractivity contribution in [3.8, 4) is 0 Å². The number of nitrogens with zero attached hydrogens (tertiary/aromatic N) is 1. The Balaban J connectivity index is 1.90. The Hall–Kier alpha value is -0.530. The third kappa shape index (κ3) is 2.99. The number of likely N-dealkylation sites (tertiary alicyclic amines) is 1. The summed E-state index contributed by atoms with van der Waals surface area (Å²) in [4.78, 5) is 2.56. The molecule has 2 rings (SSSR count). The van der Waals surface area contributed by atoms with Crippen molar-refractivity contribution in [3.63, 3.8) is 0 Å². The maximum absolute atomic E-state index is 5.80. The number of rotatable bonds is 4. The second-order valence-electron chi connectivity index (χ2n) is 4.79. The molecule has 1 aliphatic rings. The number of hydrogen-bond donors (Lipinski definition) is 0. The minimum Gasteiger partial charge on any atom is -0.299 e. The highest BCUT2D eigenvalue weighted by atomic mass is 35.5. The zero-order valence-corrected chi connectivity index (χ0v) is 10.7. The second-order valence-corrected chi connectivity index (χ2v) is 5.17. The highest BCUT2D eigenvalue weighted by Crippen LogP contribution is 2.22. The van der Waals surface area contributed by atoms with Gasteiger partial charge in [-0.2, -0.15) is 0 Å². The van der Waals surface area contributed by atoms with Crippen molar-refractivity contribution in [2.75, 3.05) is 19.0 Å². The normalized spacial score (nSPS) is 21.5. The molecule has 0 N–H and O–H groups in total. The van der Waals surface area contributed by atoms with E-state index in [1.165, 1.54) is 37.1 Å². The van der Waals surface area contributed by atoms with Crippen molar-refractivity contribution < 1.29 is 0 Å². The average molecular weight is 238 g/mol. The summed E-state index contributed by atoms with van der Waals surface area (Å²) in [5.41, 5.74) is 2.87. The molecule has 0 aliphatic carbocycles. The fourth-order valence-corrected chi connectivity index (χ4v) is 2.78. The molecule has 1 saturated heterocycles. The van der Waals surface area contributed by atoms with Crippen LogP contribution >= 0.6 is 11.6 Å². The molecule has 0 bridgehead atoms. The van der Waals surface area contributed by atoms with Gasteiger partial charge < -0.3 is 0 Å². The summed E-state index contributed by atoms with van der Waals surface area (Å²) >= 11 is 5.80. The lowest BCUT2D eigenvalue weighted by Gasteiger charge is -2.17. The molecule has 1 heterocycles. The Bertz CT molecular complexity index is 337. The van der Waals surface area contributed by atoms with Crippen LogP contribution in [0.3, 0.4) is 0 Å². The molecule has 0 spiro atoms. The third-order valence-electron chi connectivity index (χ3n) is 3.54. The van der Waals surface area contributed by atoms with Gasteiger partial charge in [0.1, 0.15) is 0 Å². The van der Waals surface area contributed by atoms with Gasteiger partial charge in [0.15, 0.2) is 0 Å². The van der Waals surface area contributed by atoms with Crippen molar-refractivity contribution >= 4 is 11.6 Å². The fourth-order valence-electron chi connectivity index (χ4n) is 2.47. The Morgan fingerprint density at radius 2 is 2.19 bits per heavy atom. The first-order valence-electron chi connectivity index (χ1n) is 6.12. The van der Waals surface area contributed by atoms with Crippen molar-refractivity contribution in [1.82, 2.24) is 4.90 Å². The van der Waals surface area contributed by atoms with Gasteiger partial charge in [-0.25, -0.2) is 0 Å². The van der Waals surface area contributed by atoms with E-state index in [-0.39, 0.29) is 0 Å². The quantitative estimate of drug-likeness (QED) is 0.726. The van der Waals surface area contributed by atoms with E-state index in [0.29, 0.717) is 0 Å². The lowest BCUT2D eigenvalue weighted by atomic mass is 10.1. The van der Waals surface area contributed by atoms with Gasteiger partial charge in [0, 0.05) is 19.0 Å². The van der Waals surface area contributed by atoms with Crippen LogP contribution in [0.1, 0.15) is 24.0 Å². The van der Waals surface area contributed by atoms with E-state index in [1.807, 2.05) is 0 Å². The van der Waals surface area contributed by atoms with Gasteiger partial charge in [0.2, 0.25) is 0 Å². The summed E-state index contributed by atoms with van der Waals surface area (Å²) in [6, 6.07) is 8.68. The largest absolute Gasteiger partial charge is 0.299 e. The molecule has 1 nitrogen and oxygen atoms in total. The Labute approximate surface area is 103 Å². The van der Waals surface area contributed by atoms with Crippen molar-refractivity contribution in [3.05, 3.63) is 35.4 Å². The minimum atomic E-state index is 0.808. The predicted molar refractivity (Wildman–Crippen MR) is 69.9 cm³/mol. The van der Waals surface area contributed by atoms with Crippen LogP contribution in [0.4, 0.5) is 0 Å². The van der Waals surface area contributed by atoms with E-state index in [4.69, 9.17) is 11.6 Å². The minimum absolute atomic E-state index is 0.808. The van der Waals surface area contributed by atoms with E-state index in [9.17, 15) is 0 Å². The van der Waals surface area contributed by atoms with Crippen molar-refractivity contribution in [2.24, 2.45) is 5.92 Å². The molecule has 88 valence electrons. The predicted octanol–water partition coefficient (Wildman–Crippen LogP) is 3.45. The van der Waals surface area contributed by atoms with Gasteiger partial charge in [-0.1, -0.05) is 24.3 Å². The first-order valence-corrected chi connectivity index (χ1v) is 6.66. The van der Waals surface area contributed by atoms with Gasteiger partial charge >= 0.3 is 0 Å². The van der Waals surface area contributed by atoms with Gasteiger partial charge in [-0.15, -0.1) is 11.6 Å². The van der Waals surface area contributed by atoms with E-state index in [2.05, 4.69) is 36.1 Å². The Morgan fingerprint density at radius 1 is 1.38 bits per heavy atom. The van der Waals surface area contributed by atoms with Crippen molar-refractivity contribution in [1.29, 1.82) is 0 Å². The molecular formula is C14H20ClN. The van der Waals surface area contributed by atoms with Crippen LogP contribution in [0.15, 0.2) is 24.3 Å². The number of halogens is 1. The maximum atomic E-state index is 5.80. The summed E-state index contributed by atoms with van der Waals surface area (Å²) in [7, 11) is 0. The molecule has 1 aromatic carbocycles. The Morgan fingerprint density at radius 3 is 2.94 bits per heavy atom. The number of hydrogen-bond acceptors (Lipinski definition) is 1. The van der Waals surface area contributed by atoms with Gasteiger partial charge in [0.25, 0.3) is 0 Å². The first kappa shape index (κ1) is 11.9. The molecule has 0 amide bonds. The van der Waals surface area contributed by atoms with Crippen LogP contribution in [-0.2, 0) is 6.54 Å². The molecule has 1 aromatic rings. The van der Waals surface area contributed by atoms with Gasteiger partial charge in [-0.05, 0) is 43.4 Å². The van der Waals surface area contributed by atoms with Crippen LogP contribution in [0.5, 0.6) is 0 Å². The monoisotopic (exact) mass is 237 g/mol. The second kappa shape index (κ2) is 5.70. The zero-order valence-electron chi connectivity index (χ0n) is 9.95. The highest BCUT2D eigenvalue weighted by molar-refractivity contribution is 6.17. The molecule has 1 fully saturated rings. The topological polar surface area (TPSA) is 3.24 Å². The summed E-state index contributed by atoms with van der Waals surface area (Å²) in [6.45, 7) is 5.75. The van der Waals surface area contributed by atoms with Crippen LogP contribution in [0.2, 0.25) is 0 Å². The van der Waals surface area contributed by atoms with Gasteiger partial charge in [-0.3, -0.25) is 4.90 Å². The van der Waals surface area contributed by atoms with E-state index in [1.54, 1.807) is 0 Å². The smallest absolute Gasteiger partial charge is 0.0236 e. The van der Waals surface area contributed by atoms with Crippen LogP contribution in [-0.4, -0.2) is 23.9 Å². The molecule has 0 aromatic heterocycles. The van der Waals surface area contributed by atoms with Crippen LogP contribution in [0, 0.1) is 12.8 Å². The summed E-state index contributed by atoms with van der Waals surface area (Å²) in [5, 5.41) is 0. The Kier molecular flexibility index (Phi) is 4.25. The molecule has 1 atom stereocenters. The molecule has 16 heavy (non-hydrogen) atoms. The van der Waals surface area contributed by atoms with E-state index < -0.39 is 0 Å². The number of alkyl halides is 1. The van der Waals surface area contributed by atoms with E-state index >= 15 is 0 Å². The molecule has 0 saturated carbocycles. The van der Waals surface area contributed by atoms with Gasteiger partial charge in [0.05, 0.1) is 0 Å². The average Bonchev–Trinajstić information content (AvgIpc) is 2.70. The lowest BCUT2D eigenvalue weighted by molar-refractivity contribution is 0.315. The standard InChI is InChI=1S/C14H20ClN/c1-12-4-2-3-5-14(12)11-16-9-7-13(10-16)6-8-15/h2-5,13H,6-11H2,1H3. The highest BCUT2D eigenvalue weighted by Gasteiger charge is 2.21. The van der Waals surface area contributed by atoms with Crippen molar-refractivity contribution in [2.45, 2.75) is 26.3 Å². The summed E-state index contributed by atoms with van der Waals surface area (Å²) in [5.74, 6) is 1.63. The lowest BCUT2D eigenvalue weighted by Crippen LogP contribution is -2.20. The van der Waals surface area contributed by atoms with E-state index in [0.717, 1.165) is 18.3 Å². The molecule has 1 unspecified atom stereocenters. The summed E-state index contributed by atoms with van der Waals surface area (Å²) < 4.78 is 0. The molecule has 0 radical (unpaired) electrons. The third-order valence-corrected chi connectivity index (χ3v) is 3.76. The number of benzene rings is 1. The molecule has 2 heteroatoms. The first-order chi connectivity index (χ1) is 7.79. The fraction of sp³-hybridized carbons (Fsp3) is 0.571. The molecule has 1 aliphatic heterocycles. The number of aryl methyl sites for hydroxylation is 1. The van der Waals surface area contributed by atoms with Crippen LogP contribution < -0.4 is 0 Å². The zero-order chi connectivity index (χ0) is 11.4. The SMILES string of the molecule is Cc1ccccc1CN1CCC(CCCl)C1. The maximum Gasteiger partial charge on any atom is 0.0236 e. The summed E-state index contributed by atoms with van der Waals surface area (Å²) in [6.07, 6.45) is 2.49.